The molecule has 0 saturated heterocycles. The lowest BCUT2D eigenvalue weighted by Crippen LogP contribution is -2.21. The largest absolute Gasteiger partial charge is 0.481 e. The van der Waals surface area contributed by atoms with Crippen molar-refractivity contribution in [2.45, 2.75) is 162 Å². The van der Waals surface area contributed by atoms with Gasteiger partial charge in [-0.15, -0.1) is 0 Å². The van der Waals surface area contributed by atoms with Crippen LogP contribution in [0.3, 0.4) is 0 Å². The first-order chi connectivity index (χ1) is 17.1. The number of carboxylic acids is 1. The van der Waals surface area contributed by atoms with E-state index in [0.29, 0.717) is 13.0 Å². The molecule has 0 aliphatic carbocycles. The number of allylic oxidation sites excluding steroid dienone is 2. The number of aliphatic carboxylic acids is 1. The second kappa shape index (κ2) is 27.3. The van der Waals surface area contributed by atoms with Crippen molar-refractivity contribution in [2.75, 3.05) is 6.61 Å². The quantitative estimate of drug-likeness (QED) is 0.0701. The molecule has 0 amide bonds. The molecule has 1 unspecified atom stereocenters. The molecule has 0 rings (SSSR count). The van der Waals surface area contributed by atoms with E-state index in [4.69, 9.17) is 9.84 Å². The van der Waals surface area contributed by atoms with E-state index in [2.05, 4.69) is 19.1 Å². The zero-order valence-corrected chi connectivity index (χ0v) is 23.4. The van der Waals surface area contributed by atoms with Gasteiger partial charge in [-0.3, -0.25) is 9.59 Å². The van der Waals surface area contributed by atoms with E-state index in [1.165, 1.54) is 116 Å². The van der Waals surface area contributed by atoms with Gasteiger partial charge in [0.15, 0.2) is 0 Å². The summed E-state index contributed by atoms with van der Waals surface area (Å²) in [6.07, 6.45) is 32.3. The van der Waals surface area contributed by atoms with Gasteiger partial charge in [0, 0.05) is 0 Å². The molecule has 4 heteroatoms. The summed E-state index contributed by atoms with van der Waals surface area (Å²) in [5.74, 6) is -1.74. The number of carbonyl (C=O) groups is 2. The highest BCUT2D eigenvalue weighted by molar-refractivity contribution is 5.79. The lowest BCUT2D eigenvalue weighted by atomic mass is 9.97. The van der Waals surface area contributed by atoms with Crippen LogP contribution in [-0.4, -0.2) is 23.7 Å². The molecule has 206 valence electrons. The van der Waals surface area contributed by atoms with Crippen LogP contribution in [0.1, 0.15) is 162 Å². The van der Waals surface area contributed by atoms with Gasteiger partial charge >= 0.3 is 11.9 Å². The normalized spacial score (nSPS) is 12.3. The zero-order valence-electron chi connectivity index (χ0n) is 23.4. The van der Waals surface area contributed by atoms with Crippen LogP contribution in [0.5, 0.6) is 0 Å². The fraction of sp³-hybridized carbons (Fsp3) is 0.871. The Balaban J connectivity index is 3.36. The van der Waals surface area contributed by atoms with Crippen LogP contribution in [-0.2, 0) is 14.3 Å². The van der Waals surface area contributed by atoms with Crippen molar-refractivity contribution in [3.05, 3.63) is 12.2 Å². The fourth-order valence-corrected chi connectivity index (χ4v) is 4.66. The number of carbonyl (C=O) groups excluding carboxylic acids is 1. The van der Waals surface area contributed by atoms with Crippen LogP contribution in [0.25, 0.3) is 0 Å². The van der Waals surface area contributed by atoms with Gasteiger partial charge in [-0.2, -0.15) is 0 Å². The topological polar surface area (TPSA) is 63.6 Å². The predicted octanol–water partition coefficient (Wildman–Crippen LogP) is 9.80. The average molecular weight is 495 g/mol. The summed E-state index contributed by atoms with van der Waals surface area (Å²) in [7, 11) is 0. The van der Waals surface area contributed by atoms with Gasteiger partial charge < -0.3 is 9.84 Å². The zero-order chi connectivity index (χ0) is 25.8. The molecule has 35 heavy (non-hydrogen) atoms. The molecule has 0 spiro atoms. The smallest absolute Gasteiger partial charge is 0.309 e. The van der Waals surface area contributed by atoms with Crippen LogP contribution in [0.4, 0.5) is 0 Å². The first-order valence-electron chi connectivity index (χ1n) is 15.1. The highest BCUT2D eigenvalue weighted by Crippen LogP contribution is 2.18. The lowest BCUT2D eigenvalue weighted by Gasteiger charge is -2.13. The van der Waals surface area contributed by atoms with E-state index in [1.807, 2.05) is 6.92 Å². The van der Waals surface area contributed by atoms with E-state index < -0.39 is 11.9 Å². The summed E-state index contributed by atoms with van der Waals surface area (Å²) in [4.78, 5) is 23.0. The maximum Gasteiger partial charge on any atom is 0.309 e. The summed E-state index contributed by atoms with van der Waals surface area (Å²) in [5.41, 5.74) is 0. The van der Waals surface area contributed by atoms with E-state index >= 15 is 0 Å². The van der Waals surface area contributed by atoms with Crippen molar-refractivity contribution in [1.82, 2.24) is 0 Å². The number of ether oxygens (including phenoxy) is 1. The molecular formula is C31H58O4. The Hall–Kier alpha value is -1.32. The Morgan fingerprint density at radius 3 is 1.46 bits per heavy atom. The summed E-state index contributed by atoms with van der Waals surface area (Å²) in [6, 6.07) is 0. The Kier molecular flexibility index (Phi) is 26.2. The van der Waals surface area contributed by atoms with Crippen molar-refractivity contribution in [3.63, 3.8) is 0 Å². The van der Waals surface area contributed by atoms with Crippen molar-refractivity contribution < 1.29 is 19.4 Å². The van der Waals surface area contributed by atoms with Gasteiger partial charge in [0.1, 0.15) is 0 Å². The molecule has 0 aromatic rings. The fourth-order valence-electron chi connectivity index (χ4n) is 4.66. The van der Waals surface area contributed by atoms with Crippen LogP contribution in [0.15, 0.2) is 12.2 Å². The first-order valence-corrected chi connectivity index (χ1v) is 15.1. The molecule has 0 aromatic heterocycles. The predicted molar refractivity (Wildman–Crippen MR) is 149 cm³/mol. The van der Waals surface area contributed by atoms with E-state index in [1.54, 1.807) is 0 Å². The third-order valence-corrected chi connectivity index (χ3v) is 6.86. The van der Waals surface area contributed by atoms with Gasteiger partial charge in [0.2, 0.25) is 0 Å². The number of rotatable bonds is 27. The number of hydrogen-bond acceptors (Lipinski definition) is 3. The maximum absolute atomic E-state index is 12.0. The molecule has 0 aliphatic heterocycles. The number of unbranched alkanes of at least 4 members (excludes halogenated alkanes) is 19. The highest BCUT2D eigenvalue weighted by Gasteiger charge is 2.22. The molecule has 0 radical (unpaired) electrons. The van der Waals surface area contributed by atoms with Gasteiger partial charge in [-0.25, -0.2) is 0 Å². The molecule has 1 N–H and O–H groups in total. The van der Waals surface area contributed by atoms with Crippen LogP contribution < -0.4 is 0 Å². The van der Waals surface area contributed by atoms with Crippen molar-refractivity contribution in [2.24, 2.45) is 5.92 Å². The molecule has 0 aliphatic rings. The maximum atomic E-state index is 12.0. The summed E-state index contributed by atoms with van der Waals surface area (Å²) in [6.45, 7) is 4.43. The van der Waals surface area contributed by atoms with E-state index in [-0.39, 0.29) is 12.4 Å². The Bertz CT molecular complexity index is 500. The summed E-state index contributed by atoms with van der Waals surface area (Å²) in [5, 5.41) is 9.03. The Morgan fingerprint density at radius 2 is 1.09 bits per heavy atom. The first kappa shape index (κ1) is 33.7. The summed E-state index contributed by atoms with van der Waals surface area (Å²) < 4.78 is 5.15. The van der Waals surface area contributed by atoms with Crippen molar-refractivity contribution in [1.29, 1.82) is 0 Å². The molecule has 0 aromatic carbocycles. The Morgan fingerprint density at radius 1 is 0.686 bits per heavy atom. The van der Waals surface area contributed by atoms with Crippen LogP contribution in [0.2, 0.25) is 0 Å². The average Bonchev–Trinajstić information content (AvgIpc) is 2.84. The second-order valence-corrected chi connectivity index (χ2v) is 10.3. The third kappa shape index (κ3) is 25.6. The molecule has 4 nitrogen and oxygen atoms in total. The van der Waals surface area contributed by atoms with E-state index in [9.17, 15) is 9.59 Å². The van der Waals surface area contributed by atoms with Gasteiger partial charge in [0.05, 0.1) is 18.9 Å². The minimum atomic E-state index is -0.916. The third-order valence-electron chi connectivity index (χ3n) is 6.86. The summed E-state index contributed by atoms with van der Waals surface area (Å²) >= 11 is 0. The molecule has 0 fully saturated rings. The Labute approximate surface area is 217 Å². The lowest BCUT2D eigenvalue weighted by molar-refractivity contribution is -0.153. The second-order valence-electron chi connectivity index (χ2n) is 10.3. The molecule has 0 heterocycles. The highest BCUT2D eigenvalue weighted by atomic mass is 16.5. The molecule has 0 saturated carbocycles. The van der Waals surface area contributed by atoms with Gasteiger partial charge in [-0.05, 0) is 32.6 Å². The van der Waals surface area contributed by atoms with E-state index in [0.717, 1.165) is 19.3 Å². The molecule has 1 atom stereocenters. The monoisotopic (exact) mass is 494 g/mol. The van der Waals surface area contributed by atoms with Crippen molar-refractivity contribution in [3.8, 4) is 0 Å². The number of carboxylic acid groups (broad SMARTS) is 1. The molecule has 0 bridgehead atoms. The minimum Gasteiger partial charge on any atom is -0.481 e. The van der Waals surface area contributed by atoms with Crippen LogP contribution >= 0.6 is 0 Å². The number of esters is 1. The van der Waals surface area contributed by atoms with Crippen LogP contribution in [0, 0.1) is 5.92 Å². The van der Waals surface area contributed by atoms with Crippen molar-refractivity contribution >= 4 is 11.9 Å². The SMILES string of the molecule is C/C=C/CCCCCCCCCCCCCCCCCCCCCC(CC(=O)O)C(=O)OCCC. The van der Waals surface area contributed by atoms with Gasteiger partial charge in [-0.1, -0.05) is 135 Å². The minimum absolute atomic E-state index is 0.111. The number of hydrogen-bond donors (Lipinski definition) is 1. The van der Waals surface area contributed by atoms with Gasteiger partial charge in [0.25, 0.3) is 0 Å². The molecular weight excluding hydrogens is 436 g/mol. The standard InChI is InChI=1S/C31H58O4/c1-3-5-6-7-8-9-10-11-12-13-14-15-16-17-18-19-20-21-22-23-24-25-26-29(28-30(32)33)31(34)35-27-4-2/h3,5,29H,4,6-28H2,1-2H3,(H,32,33)/b5-3+.